The highest BCUT2D eigenvalue weighted by molar-refractivity contribution is 5.93. The molecule has 0 bridgehead atoms. The van der Waals surface area contributed by atoms with E-state index >= 15 is 0 Å². The van der Waals surface area contributed by atoms with Crippen LogP contribution in [0.25, 0.3) is 11.3 Å². The van der Waals surface area contributed by atoms with E-state index in [4.69, 9.17) is 0 Å². The van der Waals surface area contributed by atoms with Crippen molar-refractivity contribution in [2.24, 2.45) is 14.1 Å². The van der Waals surface area contributed by atoms with Crippen LogP contribution in [0.15, 0.2) is 30.5 Å². The van der Waals surface area contributed by atoms with E-state index in [2.05, 4.69) is 20.5 Å². The monoisotopic (exact) mass is 446 g/mol. The quantitative estimate of drug-likeness (QED) is 0.620. The summed E-state index contributed by atoms with van der Waals surface area (Å²) < 4.78 is 78.6. The van der Waals surface area contributed by atoms with Crippen LogP contribution in [-0.4, -0.2) is 30.5 Å². The Labute approximate surface area is 171 Å². The molecule has 31 heavy (non-hydrogen) atoms. The molecule has 3 heterocycles. The van der Waals surface area contributed by atoms with Gasteiger partial charge in [0, 0.05) is 31.9 Å². The molecule has 0 saturated heterocycles. The third-order valence-corrected chi connectivity index (χ3v) is 4.46. The van der Waals surface area contributed by atoms with Gasteiger partial charge in [-0.25, -0.2) is 0 Å². The number of carbonyl (C=O) groups is 1. The molecular weight excluding hydrogens is 430 g/mol. The molecule has 3 rings (SSSR count). The number of nitrogens with one attached hydrogen (secondary N) is 1. The summed E-state index contributed by atoms with van der Waals surface area (Å²) in [4.78, 5) is 15.8. The molecule has 1 N–H and O–H groups in total. The van der Waals surface area contributed by atoms with Crippen molar-refractivity contribution < 1.29 is 31.1 Å². The van der Waals surface area contributed by atoms with E-state index in [0.717, 1.165) is 16.9 Å². The van der Waals surface area contributed by atoms with Crippen molar-refractivity contribution in [3.05, 3.63) is 53.2 Å². The number of rotatable bonds is 4. The number of amides is 1. The lowest BCUT2D eigenvalue weighted by molar-refractivity contribution is -0.142. The van der Waals surface area contributed by atoms with Gasteiger partial charge in [0.2, 0.25) is 0 Å². The third kappa shape index (κ3) is 4.70. The molecule has 7 nitrogen and oxygen atoms in total. The van der Waals surface area contributed by atoms with E-state index in [1.807, 2.05) is 0 Å². The Hall–Kier alpha value is -3.38. The zero-order chi connectivity index (χ0) is 23.1. The number of hydrogen-bond acceptors (Lipinski definition) is 4. The van der Waals surface area contributed by atoms with Crippen LogP contribution in [0.1, 0.15) is 40.5 Å². The molecular formula is C18H16F6N6O. The molecule has 0 aliphatic heterocycles. The maximum absolute atomic E-state index is 12.8. The first kappa shape index (κ1) is 22.3. The number of nitrogens with zero attached hydrogens (tertiary/aromatic N) is 5. The summed E-state index contributed by atoms with van der Waals surface area (Å²) in [6.07, 6.45) is -8.22. The molecule has 1 atom stereocenters. The number of halogens is 6. The van der Waals surface area contributed by atoms with Crippen molar-refractivity contribution >= 4 is 5.91 Å². The van der Waals surface area contributed by atoms with Crippen LogP contribution >= 0.6 is 0 Å². The van der Waals surface area contributed by atoms with Crippen LogP contribution in [0.5, 0.6) is 0 Å². The van der Waals surface area contributed by atoms with E-state index in [9.17, 15) is 31.1 Å². The van der Waals surface area contributed by atoms with Gasteiger partial charge in [-0.05, 0) is 25.1 Å². The lowest BCUT2D eigenvalue weighted by Gasteiger charge is -2.14. The Kier molecular flexibility index (Phi) is 5.54. The number of hydrogen-bond donors (Lipinski definition) is 1. The first-order valence-corrected chi connectivity index (χ1v) is 8.77. The molecule has 166 valence electrons. The van der Waals surface area contributed by atoms with Gasteiger partial charge in [-0.2, -0.15) is 36.5 Å². The average molecular weight is 446 g/mol. The van der Waals surface area contributed by atoms with Crippen LogP contribution in [0.4, 0.5) is 26.3 Å². The summed E-state index contributed by atoms with van der Waals surface area (Å²) in [6, 6.07) is 3.56. The Bertz CT molecular complexity index is 1100. The normalized spacial score (nSPS) is 13.3. The first-order valence-electron chi connectivity index (χ1n) is 8.77. The molecule has 0 aliphatic carbocycles. The SMILES string of the molecule is CC(NC(=O)c1cc(C(F)(F)F)nn1C)c1cc(-c2ccc(C(F)(F)F)nc2)nn1C. The fraction of sp³-hybridized carbons (Fsp3) is 0.333. The summed E-state index contributed by atoms with van der Waals surface area (Å²) in [7, 11) is 2.78. The zero-order valence-corrected chi connectivity index (χ0v) is 16.4. The van der Waals surface area contributed by atoms with Crippen LogP contribution in [0.3, 0.4) is 0 Å². The van der Waals surface area contributed by atoms with Gasteiger partial charge in [0.15, 0.2) is 5.69 Å². The van der Waals surface area contributed by atoms with Crippen LogP contribution in [0, 0.1) is 0 Å². The van der Waals surface area contributed by atoms with Gasteiger partial charge in [-0.1, -0.05) is 0 Å². The molecule has 0 radical (unpaired) electrons. The Morgan fingerprint density at radius 2 is 1.61 bits per heavy atom. The minimum atomic E-state index is -4.69. The Morgan fingerprint density at radius 1 is 0.968 bits per heavy atom. The van der Waals surface area contributed by atoms with Crippen LogP contribution in [-0.2, 0) is 26.4 Å². The third-order valence-electron chi connectivity index (χ3n) is 4.46. The van der Waals surface area contributed by atoms with E-state index < -0.39 is 35.7 Å². The summed E-state index contributed by atoms with van der Waals surface area (Å²) in [5.41, 5.74) is -1.39. The lowest BCUT2D eigenvalue weighted by atomic mass is 10.1. The van der Waals surface area contributed by atoms with E-state index in [1.54, 1.807) is 20.0 Å². The molecule has 1 unspecified atom stereocenters. The average Bonchev–Trinajstić information content (AvgIpc) is 3.24. The smallest absolute Gasteiger partial charge is 0.343 e. The van der Waals surface area contributed by atoms with Gasteiger partial charge in [-0.15, -0.1) is 0 Å². The summed E-state index contributed by atoms with van der Waals surface area (Å²) in [5, 5.41) is 10.1. The fourth-order valence-corrected chi connectivity index (χ4v) is 2.90. The van der Waals surface area contributed by atoms with Crippen molar-refractivity contribution in [3.8, 4) is 11.3 Å². The molecule has 0 fully saturated rings. The van der Waals surface area contributed by atoms with E-state index in [0.29, 0.717) is 23.0 Å². The molecule has 3 aromatic rings. The standard InChI is InChI=1S/C18H16F6N6O/c1-9(26-16(31)13-7-15(18(22,23)24)28-30(13)3)12-6-11(27-29(12)2)10-4-5-14(25-8-10)17(19,20)21/h4-9H,1-3H3,(H,26,31). The minimum Gasteiger partial charge on any atom is -0.343 e. The predicted molar refractivity (Wildman–Crippen MR) is 95.5 cm³/mol. The molecule has 1 amide bonds. The van der Waals surface area contributed by atoms with Crippen molar-refractivity contribution in [3.63, 3.8) is 0 Å². The molecule has 0 saturated carbocycles. The molecule has 0 spiro atoms. The molecule has 0 aromatic carbocycles. The summed E-state index contributed by atoms with van der Waals surface area (Å²) in [6.45, 7) is 1.59. The molecule has 0 aliphatic rings. The highest BCUT2D eigenvalue weighted by Crippen LogP contribution is 2.30. The zero-order valence-electron chi connectivity index (χ0n) is 16.4. The second kappa shape index (κ2) is 7.71. The van der Waals surface area contributed by atoms with Crippen LogP contribution < -0.4 is 5.32 Å². The Balaban J connectivity index is 1.79. The number of alkyl halides is 6. The van der Waals surface area contributed by atoms with E-state index in [-0.39, 0.29) is 5.69 Å². The summed E-state index contributed by atoms with van der Waals surface area (Å²) >= 11 is 0. The van der Waals surface area contributed by atoms with Crippen molar-refractivity contribution in [1.82, 2.24) is 29.9 Å². The molecule has 13 heteroatoms. The van der Waals surface area contributed by atoms with Gasteiger partial charge in [0.05, 0.1) is 17.4 Å². The number of carbonyl (C=O) groups excluding carboxylic acids is 1. The maximum atomic E-state index is 12.8. The van der Waals surface area contributed by atoms with Gasteiger partial charge in [-0.3, -0.25) is 19.1 Å². The predicted octanol–water partition coefficient (Wildman–Crippen LogP) is 3.74. The molecule has 3 aromatic heterocycles. The largest absolute Gasteiger partial charge is 0.435 e. The fourth-order valence-electron chi connectivity index (χ4n) is 2.90. The van der Waals surface area contributed by atoms with Crippen molar-refractivity contribution in [2.75, 3.05) is 0 Å². The number of aryl methyl sites for hydroxylation is 2. The lowest BCUT2D eigenvalue weighted by Crippen LogP contribution is -2.29. The highest BCUT2D eigenvalue weighted by Gasteiger charge is 2.35. The van der Waals surface area contributed by atoms with Crippen molar-refractivity contribution in [1.29, 1.82) is 0 Å². The van der Waals surface area contributed by atoms with Gasteiger partial charge in [0.25, 0.3) is 5.91 Å². The topological polar surface area (TPSA) is 77.6 Å². The number of pyridine rings is 1. The summed E-state index contributed by atoms with van der Waals surface area (Å²) in [5.74, 6) is -0.781. The highest BCUT2D eigenvalue weighted by atomic mass is 19.4. The second-order valence-corrected chi connectivity index (χ2v) is 6.74. The van der Waals surface area contributed by atoms with E-state index in [1.165, 1.54) is 17.8 Å². The van der Waals surface area contributed by atoms with Gasteiger partial charge >= 0.3 is 12.4 Å². The van der Waals surface area contributed by atoms with Crippen LogP contribution in [0.2, 0.25) is 0 Å². The van der Waals surface area contributed by atoms with Gasteiger partial charge in [0.1, 0.15) is 11.4 Å². The number of aromatic nitrogens is 5. The maximum Gasteiger partial charge on any atom is 0.435 e. The minimum absolute atomic E-state index is 0.284. The first-order chi connectivity index (χ1) is 14.3. The Morgan fingerprint density at radius 3 is 2.13 bits per heavy atom. The van der Waals surface area contributed by atoms with Gasteiger partial charge < -0.3 is 5.32 Å². The van der Waals surface area contributed by atoms with Crippen molar-refractivity contribution in [2.45, 2.75) is 25.3 Å². The second-order valence-electron chi connectivity index (χ2n) is 6.74.